The molecular weight excluding hydrogens is 493 g/mol. The van der Waals surface area contributed by atoms with Crippen LogP contribution in [0, 0.1) is 0 Å². The van der Waals surface area contributed by atoms with Crippen LogP contribution in [0.15, 0.2) is 53.9 Å². The number of benzene rings is 2. The van der Waals surface area contributed by atoms with Gasteiger partial charge in [0, 0.05) is 5.41 Å². The zero-order valence-electron chi connectivity index (χ0n) is 20.1. The highest BCUT2D eigenvalue weighted by atomic mass is 35.5. The van der Waals surface area contributed by atoms with E-state index in [0.717, 1.165) is 16.8 Å². The van der Waals surface area contributed by atoms with E-state index in [1.807, 2.05) is 43.3 Å². The van der Waals surface area contributed by atoms with Gasteiger partial charge in [0.05, 0.1) is 35.4 Å². The van der Waals surface area contributed by atoms with Gasteiger partial charge >= 0.3 is 0 Å². The lowest BCUT2D eigenvalue weighted by atomic mass is 9.78. The Balaban J connectivity index is 1.58. The maximum Gasteiger partial charge on any atom is 0.138 e. The Hall–Kier alpha value is -2.20. The number of hydrazine groups is 2. The fraction of sp³-hybridized carbons (Fsp3) is 0.440. The third-order valence-corrected chi connectivity index (χ3v) is 6.67. The topological polar surface area (TPSA) is 106 Å². The summed E-state index contributed by atoms with van der Waals surface area (Å²) in [4.78, 5) is 0. The van der Waals surface area contributed by atoms with Gasteiger partial charge in [0.1, 0.15) is 36.9 Å². The minimum atomic E-state index is -0.750. The van der Waals surface area contributed by atoms with Gasteiger partial charge in [-0.3, -0.25) is 5.01 Å². The first-order valence-corrected chi connectivity index (χ1v) is 12.2. The van der Waals surface area contributed by atoms with Crippen LogP contribution < -0.4 is 20.4 Å². The van der Waals surface area contributed by atoms with E-state index < -0.39 is 12.2 Å². The molecule has 0 radical (unpaired) electrons. The molecule has 0 aliphatic carbocycles. The largest absolute Gasteiger partial charge is 0.491 e. The number of hydrogen-bond acceptors (Lipinski definition) is 8. The highest BCUT2D eigenvalue weighted by Gasteiger charge is 2.25. The molecule has 0 saturated heterocycles. The van der Waals surface area contributed by atoms with E-state index in [9.17, 15) is 15.3 Å². The Morgan fingerprint density at radius 2 is 1.66 bits per heavy atom. The maximum atomic E-state index is 10.3. The molecule has 1 heterocycles. The molecule has 1 aliphatic rings. The van der Waals surface area contributed by atoms with Crippen molar-refractivity contribution in [1.29, 1.82) is 0 Å². The summed E-state index contributed by atoms with van der Waals surface area (Å²) >= 11 is 12.0. The molecular formula is C25H33Cl2N3O5. The first-order chi connectivity index (χ1) is 16.6. The Labute approximate surface area is 216 Å². The second kappa shape index (κ2) is 12.2. The molecule has 10 heteroatoms. The number of aliphatic hydroxyl groups excluding tert-OH is 3. The van der Waals surface area contributed by atoms with Crippen LogP contribution >= 0.6 is 23.2 Å². The molecule has 8 nitrogen and oxygen atoms in total. The second-order valence-electron chi connectivity index (χ2n) is 8.95. The second-order valence-corrected chi connectivity index (χ2v) is 9.66. The van der Waals surface area contributed by atoms with Gasteiger partial charge in [-0.25, -0.2) is 0 Å². The van der Waals surface area contributed by atoms with Crippen LogP contribution in [-0.2, 0) is 5.41 Å². The van der Waals surface area contributed by atoms with Gasteiger partial charge < -0.3 is 30.2 Å². The standard InChI is InChI=1S/C25H33Cl2N3O5/c1-16-23(13-31)28-29-30(16)12-20(33)15-34-21-7-4-17(5-8-21)25(2,3)18-6-9-24(22(27)10-18)35-14-19(32)11-26/h4-10,19-20,28-29,31-33H,11-15H2,1-3H3/t19-,20+/m1/s1. The van der Waals surface area contributed by atoms with E-state index in [1.165, 1.54) is 0 Å². The van der Waals surface area contributed by atoms with Crippen LogP contribution in [0.2, 0.25) is 5.02 Å². The Bertz CT molecular complexity index is 1020. The minimum Gasteiger partial charge on any atom is -0.491 e. The first-order valence-electron chi connectivity index (χ1n) is 11.3. The summed E-state index contributed by atoms with van der Waals surface area (Å²) in [6.45, 7) is 6.46. The van der Waals surface area contributed by atoms with Crippen LogP contribution in [0.3, 0.4) is 0 Å². The molecule has 0 fully saturated rings. The number of halogens is 2. The van der Waals surface area contributed by atoms with Gasteiger partial charge in [0.15, 0.2) is 0 Å². The van der Waals surface area contributed by atoms with Crippen LogP contribution in [0.4, 0.5) is 0 Å². The lowest BCUT2D eigenvalue weighted by molar-refractivity contribution is 0.0645. The highest BCUT2D eigenvalue weighted by molar-refractivity contribution is 6.32. The number of allylic oxidation sites excluding steroid dienone is 1. The van der Waals surface area contributed by atoms with Crippen LogP contribution in [0.5, 0.6) is 11.5 Å². The van der Waals surface area contributed by atoms with Gasteiger partial charge in [-0.2, -0.15) is 0 Å². The molecule has 0 amide bonds. The lowest BCUT2D eigenvalue weighted by Crippen LogP contribution is -2.43. The van der Waals surface area contributed by atoms with Gasteiger partial charge in [-0.15, -0.1) is 17.1 Å². The van der Waals surface area contributed by atoms with Crippen LogP contribution in [-0.4, -0.2) is 64.8 Å². The van der Waals surface area contributed by atoms with Crippen molar-refractivity contribution in [2.45, 2.75) is 38.4 Å². The lowest BCUT2D eigenvalue weighted by Gasteiger charge is -2.27. The molecule has 5 N–H and O–H groups in total. The van der Waals surface area contributed by atoms with E-state index in [0.29, 0.717) is 28.8 Å². The number of β-amino-alcohol motifs (C(OH)–C–C–N with tert-alkyl or cyclic N) is 1. The maximum absolute atomic E-state index is 10.3. The van der Waals surface area contributed by atoms with Crippen molar-refractivity contribution in [3.63, 3.8) is 0 Å². The third-order valence-electron chi connectivity index (χ3n) is 6.02. The number of hydrogen-bond donors (Lipinski definition) is 5. The van der Waals surface area contributed by atoms with Crippen molar-refractivity contribution in [2.75, 3.05) is 32.2 Å². The first kappa shape index (κ1) is 27.4. The molecule has 0 saturated carbocycles. The van der Waals surface area contributed by atoms with Crippen molar-refractivity contribution in [3.05, 3.63) is 70.0 Å². The van der Waals surface area contributed by atoms with Crippen LogP contribution in [0.25, 0.3) is 0 Å². The normalized spacial score (nSPS) is 15.7. The molecule has 0 bridgehead atoms. The summed E-state index contributed by atoms with van der Waals surface area (Å²) in [5.74, 6) is 1.24. The summed E-state index contributed by atoms with van der Waals surface area (Å²) in [5, 5.41) is 31.4. The third kappa shape index (κ3) is 6.94. The molecule has 2 atom stereocenters. The molecule has 2 aromatic rings. The number of rotatable bonds is 12. The quantitative estimate of drug-likeness (QED) is 0.269. The zero-order chi connectivity index (χ0) is 25.6. The molecule has 2 aromatic carbocycles. The molecule has 3 rings (SSSR count). The van der Waals surface area contributed by atoms with Crippen molar-refractivity contribution >= 4 is 23.2 Å². The number of ether oxygens (including phenoxy) is 2. The summed E-state index contributed by atoms with van der Waals surface area (Å²) in [6, 6.07) is 13.3. The number of nitrogens with one attached hydrogen (secondary N) is 2. The van der Waals surface area contributed by atoms with Gasteiger partial charge in [-0.1, -0.05) is 43.6 Å². The molecule has 192 valence electrons. The van der Waals surface area contributed by atoms with E-state index in [1.54, 1.807) is 11.1 Å². The minimum absolute atomic E-state index is 0.0769. The van der Waals surface area contributed by atoms with Gasteiger partial charge in [0.2, 0.25) is 0 Å². The molecule has 1 aliphatic heterocycles. The van der Waals surface area contributed by atoms with E-state index in [4.69, 9.17) is 32.7 Å². The SMILES string of the molecule is CC1=C(CO)NNN1C[C@H](O)COc1ccc(C(C)(C)c2ccc(OC[C@H](O)CCl)c(Cl)c2)cc1. The smallest absolute Gasteiger partial charge is 0.138 e. The summed E-state index contributed by atoms with van der Waals surface area (Å²) < 4.78 is 11.3. The average molecular weight is 526 g/mol. The number of alkyl halides is 1. The predicted molar refractivity (Wildman–Crippen MR) is 137 cm³/mol. The summed E-state index contributed by atoms with van der Waals surface area (Å²) in [6.07, 6.45) is -1.48. The van der Waals surface area contributed by atoms with E-state index in [2.05, 4.69) is 24.8 Å². The highest BCUT2D eigenvalue weighted by Crippen LogP contribution is 2.36. The fourth-order valence-electron chi connectivity index (χ4n) is 3.64. The van der Waals surface area contributed by atoms with Crippen molar-refractivity contribution in [3.8, 4) is 11.5 Å². The number of nitrogens with zero attached hydrogens (tertiary/aromatic N) is 1. The predicted octanol–water partition coefficient (Wildman–Crippen LogP) is 2.93. The fourth-order valence-corrected chi connectivity index (χ4v) is 3.96. The Kier molecular flexibility index (Phi) is 9.52. The monoisotopic (exact) mass is 525 g/mol. The Morgan fingerprint density at radius 3 is 2.26 bits per heavy atom. The summed E-state index contributed by atoms with van der Waals surface area (Å²) in [7, 11) is 0. The molecule has 0 spiro atoms. The van der Waals surface area contributed by atoms with Gasteiger partial charge in [-0.05, 0) is 42.3 Å². The van der Waals surface area contributed by atoms with Crippen molar-refractivity contribution in [1.82, 2.24) is 16.0 Å². The molecule has 35 heavy (non-hydrogen) atoms. The van der Waals surface area contributed by atoms with Crippen LogP contribution in [0.1, 0.15) is 31.9 Å². The average Bonchev–Trinajstić information content (AvgIpc) is 3.20. The zero-order valence-corrected chi connectivity index (χ0v) is 21.6. The van der Waals surface area contributed by atoms with E-state index >= 15 is 0 Å². The van der Waals surface area contributed by atoms with Gasteiger partial charge in [0.25, 0.3) is 0 Å². The molecule has 0 unspecified atom stereocenters. The van der Waals surface area contributed by atoms with Crippen molar-refractivity contribution < 1.29 is 24.8 Å². The number of aliphatic hydroxyl groups is 3. The van der Waals surface area contributed by atoms with E-state index in [-0.39, 0.29) is 31.1 Å². The van der Waals surface area contributed by atoms with Crippen molar-refractivity contribution in [2.24, 2.45) is 0 Å². The Morgan fingerprint density at radius 1 is 1.00 bits per heavy atom. The summed E-state index contributed by atoms with van der Waals surface area (Å²) in [5.41, 5.74) is 9.00. The molecule has 0 aromatic heterocycles.